The number of aliphatic hydroxyl groups is 2. The fourth-order valence-electron chi connectivity index (χ4n) is 5.23. The van der Waals surface area contributed by atoms with Crippen LogP contribution in [0.2, 0.25) is 0 Å². The van der Waals surface area contributed by atoms with Crippen molar-refractivity contribution in [2.75, 3.05) is 24.7 Å². The van der Waals surface area contributed by atoms with E-state index in [2.05, 4.69) is 29.9 Å². The number of fused-ring (bicyclic) bond motifs is 5. The molecule has 2 bridgehead atoms. The number of nitrogens with one attached hydrogen (secondary N) is 1. The van der Waals surface area contributed by atoms with Crippen LogP contribution in [0.4, 0.5) is 11.8 Å². The highest BCUT2D eigenvalue weighted by Crippen LogP contribution is 2.53. The van der Waals surface area contributed by atoms with Gasteiger partial charge in [-0.15, -0.1) is 0 Å². The predicted octanol–water partition coefficient (Wildman–Crippen LogP) is -2.79. The van der Waals surface area contributed by atoms with Crippen LogP contribution in [0.15, 0.2) is 23.8 Å². The van der Waals surface area contributed by atoms with Crippen molar-refractivity contribution in [1.82, 2.24) is 39.0 Å². The van der Waals surface area contributed by atoms with Crippen LogP contribution in [0, 0.1) is 0 Å². The standard InChI is InChI=1S/C20H25B2N10O11P2/c21-44(36)38-1-6-10(33)13(19(40-6)32-5-28-9-16(32)29-20(24)30-17(9)35)43-45(22,37)39-2-7-12(42-44)11(34)18(41-7)31-4-27-8-14(23)25-3-26-15(8)31/h3-7,10-13,18-19,33-34H,1-2H2,21H3,(H2,23,25,26)(H3,24,29,30,35)/q-1/t6?,7-,10+,11+,12+,13+,18?,19-,44+,45+/m1/s1. The van der Waals surface area contributed by atoms with Gasteiger partial charge in [-0.3, -0.25) is 23.5 Å². The summed E-state index contributed by atoms with van der Waals surface area (Å²) in [5.74, 6) is -0.117. The van der Waals surface area contributed by atoms with E-state index in [1.165, 1.54) is 28.1 Å². The Bertz CT molecular complexity index is 1940. The van der Waals surface area contributed by atoms with E-state index < -0.39 is 90.4 Å². The predicted molar refractivity (Wildman–Crippen MR) is 155 cm³/mol. The molecule has 25 heteroatoms. The number of nitrogens with zero attached hydrogens (tertiary/aromatic N) is 7. The molecule has 7 rings (SSSR count). The lowest BCUT2D eigenvalue weighted by Gasteiger charge is -2.29. The van der Waals surface area contributed by atoms with Crippen LogP contribution in [-0.4, -0.2) is 114 Å². The fraction of sp³-hybridized carbons (Fsp3) is 0.500. The molecule has 4 aromatic heterocycles. The van der Waals surface area contributed by atoms with Gasteiger partial charge in [-0.05, 0) is 0 Å². The fourth-order valence-corrected chi connectivity index (χ4v) is 7.01. The number of anilines is 2. The molecule has 21 nitrogen and oxygen atoms in total. The average Bonchev–Trinajstić information content (AvgIpc) is 3.72. The molecule has 7 N–H and O–H groups in total. The van der Waals surface area contributed by atoms with Crippen LogP contribution in [0.5, 0.6) is 0 Å². The average molecular weight is 665 g/mol. The zero-order valence-corrected chi connectivity index (χ0v) is 23.9. The van der Waals surface area contributed by atoms with Crippen molar-refractivity contribution < 1.29 is 46.9 Å². The number of aromatic amines is 1. The number of hydrogen-bond acceptors (Lipinski definition) is 18. The Labute approximate surface area is 253 Å². The first-order valence-electron chi connectivity index (χ1n) is 12.8. The minimum absolute atomic E-state index is 0.0263. The number of nitrogen functional groups attached to an aromatic ring is 2. The van der Waals surface area contributed by atoms with E-state index in [0.717, 1.165) is 0 Å². The summed E-state index contributed by atoms with van der Waals surface area (Å²) < 4.78 is 64.4. The van der Waals surface area contributed by atoms with E-state index in [1.807, 2.05) is 0 Å². The van der Waals surface area contributed by atoms with Crippen LogP contribution >= 0.6 is 14.9 Å². The summed E-state index contributed by atoms with van der Waals surface area (Å²) in [7, 11) is -3.58. The number of aliphatic hydroxyl groups excluding tert-OH is 2. The van der Waals surface area contributed by atoms with Crippen molar-refractivity contribution in [2.24, 2.45) is 0 Å². The molecule has 2 unspecified atom stereocenters. The molecule has 10 atom stereocenters. The Morgan fingerprint density at radius 3 is 2.38 bits per heavy atom. The first-order chi connectivity index (χ1) is 21.3. The van der Waals surface area contributed by atoms with Gasteiger partial charge in [-0.1, -0.05) is 0 Å². The summed E-state index contributed by atoms with van der Waals surface area (Å²) in [6, 6.07) is 0. The summed E-state index contributed by atoms with van der Waals surface area (Å²) in [6.07, 6.45) is -6.99. The first-order valence-corrected chi connectivity index (χ1v) is 15.5. The summed E-state index contributed by atoms with van der Waals surface area (Å²) in [5.41, 5.74) is 11.3. The van der Waals surface area contributed by atoms with Gasteiger partial charge in [0, 0.05) is 0 Å². The van der Waals surface area contributed by atoms with Crippen LogP contribution in [-0.2, 0) is 36.7 Å². The number of ether oxygens (including phenoxy) is 2. The van der Waals surface area contributed by atoms with Gasteiger partial charge in [0.05, 0.1) is 33.4 Å². The van der Waals surface area contributed by atoms with Gasteiger partial charge in [0.25, 0.3) is 13.0 Å². The third-order valence-corrected chi connectivity index (χ3v) is 9.07. The van der Waals surface area contributed by atoms with E-state index in [0.29, 0.717) is 0 Å². The summed E-state index contributed by atoms with van der Waals surface area (Å²) in [6.45, 7) is -1.04. The van der Waals surface area contributed by atoms with Gasteiger partial charge in [0.15, 0.2) is 35.1 Å². The molecule has 0 aromatic carbocycles. The Kier molecular flexibility index (Phi) is 7.40. The van der Waals surface area contributed by atoms with E-state index >= 15 is 0 Å². The third kappa shape index (κ3) is 5.38. The normalized spacial score (nSPS) is 37.7. The monoisotopic (exact) mass is 665 g/mol. The second kappa shape index (κ2) is 10.9. The molecule has 3 aliphatic heterocycles. The molecule has 3 saturated heterocycles. The molecule has 0 amide bonds. The van der Waals surface area contributed by atoms with Gasteiger partial charge < -0.3 is 53.8 Å². The van der Waals surface area contributed by atoms with Crippen molar-refractivity contribution in [3.8, 4) is 0 Å². The minimum atomic E-state index is -4.54. The molecule has 3 aliphatic rings. The SMILES string of the molecule is [B][P@]1(=O)OC[C@H]2OC(n3cnc4c(N)ncnc43)[C@@H](O)[C@H]2O[P@@]([BH3-])(=O)OCC2O[C@@H](n3cnc4c(=O)[nH]c(N)nc43)[C@@H](O1)[C@H]2O. The van der Waals surface area contributed by atoms with Crippen LogP contribution < -0.4 is 17.0 Å². The molecule has 0 saturated carbocycles. The topological polar surface area (TPSA) is 289 Å². The maximum atomic E-state index is 13.6. The molecule has 0 spiro atoms. The van der Waals surface area contributed by atoms with Gasteiger partial charge in [-0.25, -0.2) is 19.9 Å². The largest absolute Gasteiger partial charge is 0.387 e. The summed E-state index contributed by atoms with van der Waals surface area (Å²) in [5, 5.41) is 22.5. The van der Waals surface area contributed by atoms with Gasteiger partial charge >= 0.3 is 0 Å². The minimum Gasteiger partial charge on any atom is -0.387 e. The Hall–Kier alpha value is -3.23. The summed E-state index contributed by atoms with van der Waals surface area (Å²) in [4.78, 5) is 35.0. The number of imidazole rings is 2. The Morgan fingerprint density at radius 1 is 0.911 bits per heavy atom. The van der Waals surface area contributed by atoms with Crippen molar-refractivity contribution in [3.05, 3.63) is 29.3 Å². The van der Waals surface area contributed by atoms with Gasteiger partial charge in [0.1, 0.15) is 55.9 Å². The lowest BCUT2D eigenvalue weighted by molar-refractivity contribution is -0.0578. The molecule has 3 fully saturated rings. The van der Waals surface area contributed by atoms with Crippen molar-refractivity contribution in [3.63, 3.8) is 0 Å². The van der Waals surface area contributed by atoms with Crippen LogP contribution in [0.25, 0.3) is 22.3 Å². The van der Waals surface area contributed by atoms with Crippen molar-refractivity contribution >= 4 is 64.2 Å². The van der Waals surface area contributed by atoms with E-state index in [1.54, 1.807) is 0 Å². The zero-order valence-electron chi connectivity index (χ0n) is 22.1. The molecule has 2 radical (unpaired) electrons. The maximum absolute atomic E-state index is 13.6. The van der Waals surface area contributed by atoms with Crippen LogP contribution in [0.1, 0.15) is 12.5 Å². The quantitative estimate of drug-likeness (QED) is 0.107. The van der Waals surface area contributed by atoms with Crippen molar-refractivity contribution in [1.29, 1.82) is 0 Å². The number of aromatic nitrogens is 8. The van der Waals surface area contributed by atoms with Gasteiger partial charge in [0.2, 0.25) is 13.5 Å². The highest BCUT2D eigenvalue weighted by molar-refractivity contribution is 7.79. The van der Waals surface area contributed by atoms with E-state index in [9.17, 15) is 24.1 Å². The lowest BCUT2D eigenvalue weighted by Crippen LogP contribution is -2.36. The highest BCUT2D eigenvalue weighted by atomic mass is 31.2. The second-order valence-electron chi connectivity index (χ2n) is 9.96. The molecular formula is C20H25B2N10O11P2-. The highest BCUT2D eigenvalue weighted by Gasteiger charge is 2.52. The van der Waals surface area contributed by atoms with Gasteiger partial charge in [-0.2, -0.15) is 4.98 Å². The zero-order chi connectivity index (χ0) is 31.8. The molecule has 0 aliphatic carbocycles. The van der Waals surface area contributed by atoms with Crippen molar-refractivity contribution in [2.45, 2.75) is 49.1 Å². The molecular weight excluding hydrogens is 640 g/mol. The Balaban J connectivity index is 1.21. The molecule has 45 heavy (non-hydrogen) atoms. The number of H-pyrrole nitrogens is 1. The smallest absolute Gasteiger partial charge is 0.280 e. The lowest BCUT2D eigenvalue weighted by atomic mass is 10.1. The number of hydrogen-bond donors (Lipinski definition) is 5. The Morgan fingerprint density at radius 2 is 1.60 bits per heavy atom. The number of rotatable bonds is 2. The molecule has 4 aromatic rings. The van der Waals surface area contributed by atoms with Crippen LogP contribution in [0.3, 0.4) is 0 Å². The number of nitrogens with two attached hydrogens (primary N) is 2. The second-order valence-corrected chi connectivity index (χ2v) is 12.4. The van der Waals surface area contributed by atoms with E-state index in [4.69, 9.17) is 46.6 Å². The third-order valence-electron chi connectivity index (χ3n) is 7.25. The molecule has 238 valence electrons. The summed E-state index contributed by atoms with van der Waals surface area (Å²) >= 11 is 0. The first kappa shape index (κ1) is 30.4. The maximum Gasteiger partial charge on any atom is 0.280 e. The molecule has 7 heterocycles. The van der Waals surface area contributed by atoms with E-state index in [-0.39, 0.29) is 34.1 Å².